The molecule has 3 rings (SSSR count). The van der Waals surface area contributed by atoms with Gasteiger partial charge in [0.05, 0.1) is 6.61 Å². The number of rotatable bonds is 6. The summed E-state index contributed by atoms with van der Waals surface area (Å²) in [7, 11) is 4.19. The Morgan fingerprint density at radius 3 is 2.59 bits per heavy atom. The van der Waals surface area contributed by atoms with E-state index in [2.05, 4.69) is 61.5 Å². The van der Waals surface area contributed by atoms with Crippen molar-refractivity contribution in [1.82, 2.24) is 4.90 Å². The van der Waals surface area contributed by atoms with E-state index < -0.39 is 0 Å². The fourth-order valence-electron chi connectivity index (χ4n) is 2.58. The van der Waals surface area contributed by atoms with E-state index in [1.165, 1.54) is 25.7 Å². The first-order valence-electron chi connectivity index (χ1n) is 7.37. The third-order valence-corrected chi connectivity index (χ3v) is 4.90. The first kappa shape index (κ1) is 17.2. The largest absolute Gasteiger partial charge is 0.377 e. The smallest absolute Gasteiger partial charge is 0.0730 e. The van der Waals surface area contributed by atoms with E-state index in [4.69, 9.17) is 4.74 Å². The first-order chi connectivity index (χ1) is 10.3. The molecule has 0 saturated heterocycles. The number of halogens is 1. The molecule has 0 fully saturated rings. The van der Waals surface area contributed by atoms with Gasteiger partial charge >= 0.3 is 0 Å². The van der Waals surface area contributed by atoms with Gasteiger partial charge in [-0.2, -0.15) is 0 Å². The second-order valence-corrected chi connectivity index (χ2v) is 6.65. The van der Waals surface area contributed by atoms with Crippen LogP contribution >= 0.6 is 23.7 Å². The predicted octanol–water partition coefficient (Wildman–Crippen LogP) is 4.94. The molecule has 0 aliphatic heterocycles. The highest BCUT2D eigenvalue weighted by Crippen LogP contribution is 2.35. The van der Waals surface area contributed by atoms with Gasteiger partial charge in [-0.05, 0) is 38.7 Å². The zero-order chi connectivity index (χ0) is 14.7. The van der Waals surface area contributed by atoms with Crippen molar-refractivity contribution in [1.29, 1.82) is 0 Å². The molecule has 0 atom stereocenters. The van der Waals surface area contributed by atoms with E-state index >= 15 is 0 Å². The molecular weight excluding hydrogens is 314 g/mol. The molecule has 22 heavy (non-hydrogen) atoms. The fourth-order valence-corrected chi connectivity index (χ4v) is 3.78. The summed E-state index contributed by atoms with van der Waals surface area (Å²) < 4.78 is 8.58. The van der Waals surface area contributed by atoms with Gasteiger partial charge in [-0.1, -0.05) is 36.4 Å². The predicted molar refractivity (Wildman–Crippen MR) is 99.4 cm³/mol. The Labute approximate surface area is 142 Å². The summed E-state index contributed by atoms with van der Waals surface area (Å²) in [6.45, 7) is 2.60. The van der Waals surface area contributed by atoms with Crippen molar-refractivity contribution < 1.29 is 4.74 Å². The summed E-state index contributed by atoms with van der Waals surface area (Å²) in [6.07, 6.45) is 1.08. The van der Waals surface area contributed by atoms with Crippen molar-refractivity contribution in [2.24, 2.45) is 0 Å². The Balaban J connectivity index is 0.00000176. The van der Waals surface area contributed by atoms with Crippen LogP contribution in [0, 0.1) is 0 Å². The SMILES string of the molecule is CN(C)CCCOCc1cccc2c1sc1ccccc12.Cl. The molecule has 1 heterocycles. The zero-order valence-corrected chi connectivity index (χ0v) is 14.7. The molecule has 0 amide bonds. The van der Waals surface area contributed by atoms with Gasteiger partial charge < -0.3 is 9.64 Å². The van der Waals surface area contributed by atoms with E-state index in [1.807, 2.05) is 11.3 Å². The summed E-state index contributed by atoms with van der Waals surface area (Å²) in [4.78, 5) is 2.19. The average molecular weight is 336 g/mol. The lowest BCUT2D eigenvalue weighted by Gasteiger charge is -2.09. The van der Waals surface area contributed by atoms with E-state index in [-0.39, 0.29) is 12.4 Å². The van der Waals surface area contributed by atoms with Crippen LogP contribution in [0.5, 0.6) is 0 Å². The first-order valence-corrected chi connectivity index (χ1v) is 8.19. The van der Waals surface area contributed by atoms with Crippen molar-refractivity contribution in [3.63, 3.8) is 0 Å². The van der Waals surface area contributed by atoms with Crippen LogP contribution in [0.25, 0.3) is 20.2 Å². The number of hydrogen-bond acceptors (Lipinski definition) is 3. The lowest BCUT2D eigenvalue weighted by atomic mass is 10.1. The Kier molecular flexibility index (Phi) is 6.21. The van der Waals surface area contributed by atoms with Gasteiger partial charge in [-0.25, -0.2) is 0 Å². The molecule has 0 bridgehead atoms. The number of nitrogens with zero attached hydrogens (tertiary/aromatic N) is 1. The summed E-state index contributed by atoms with van der Waals surface area (Å²) in [5.41, 5.74) is 1.30. The maximum Gasteiger partial charge on any atom is 0.0730 e. The summed E-state index contributed by atoms with van der Waals surface area (Å²) in [5, 5.41) is 2.71. The molecule has 0 N–H and O–H groups in total. The fraction of sp³-hybridized carbons (Fsp3) is 0.333. The van der Waals surface area contributed by atoms with E-state index in [9.17, 15) is 0 Å². The number of hydrogen-bond donors (Lipinski definition) is 0. The Morgan fingerprint density at radius 1 is 1.00 bits per heavy atom. The summed E-state index contributed by atoms with van der Waals surface area (Å²) in [6, 6.07) is 15.2. The van der Waals surface area contributed by atoms with Crippen molar-refractivity contribution in [2.75, 3.05) is 27.2 Å². The topological polar surface area (TPSA) is 12.5 Å². The second-order valence-electron chi connectivity index (χ2n) is 5.60. The molecule has 2 nitrogen and oxygen atoms in total. The van der Waals surface area contributed by atoms with Crippen LogP contribution in [0.3, 0.4) is 0 Å². The monoisotopic (exact) mass is 335 g/mol. The Morgan fingerprint density at radius 2 is 1.77 bits per heavy atom. The molecule has 0 spiro atoms. The third-order valence-electron chi connectivity index (χ3n) is 3.64. The second kappa shape index (κ2) is 7.93. The molecule has 0 aliphatic carbocycles. The summed E-state index contributed by atoms with van der Waals surface area (Å²) in [5.74, 6) is 0. The van der Waals surface area contributed by atoms with Crippen LogP contribution in [-0.4, -0.2) is 32.1 Å². The highest BCUT2D eigenvalue weighted by atomic mass is 35.5. The lowest BCUT2D eigenvalue weighted by molar-refractivity contribution is 0.114. The molecule has 0 saturated carbocycles. The minimum absolute atomic E-state index is 0. The van der Waals surface area contributed by atoms with Gasteiger partial charge in [0, 0.05) is 26.8 Å². The average Bonchev–Trinajstić information content (AvgIpc) is 2.86. The normalized spacial score (nSPS) is 11.2. The molecule has 118 valence electrons. The van der Waals surface area contributed by atoms with Gasteiger partial charge in [0.25, 0.3) is 0 Å². The van der Waals surface area contributed by atoms with Crippen molar-refractivity contribution in [2.45, 2.75) is 13.0 Å². The quantitative estimate of drug-likeness (QED) is 0.591. The van der Waals surface area contributed by atoms with E-state index in [1.54, 1.807) is 0 Å². The minimum atomic E-state index is 0. The molecule has 3 aromatic rings. The number of benzene rings is 2. The molecular formula is C18H22ClNOS. The van der Waals surface area contributed by atoms with Crippen LogP contribution in [0.4, 0.5) is 0 Å². The van der Waals surface area contributed by atoms with Crippen LogP contribution in [0.15, 0.2) is 42.5 Å². The zero-order valence-electron chi connectivity index (χ0n) is 13.0. The number of ether oxygens (including phenoxy) is 1. The molecule has 2 aromatic carbocycles. The van der Waals surface area contributed by atoms with Gasteiger partial charge in [0.1, 0.15) is 0 Å². The van der Waals surface area contributed by atoms with Crippen LogP contribution in [0.1, 0.15) is 12.0 Å². The summed E-state index contributed by atoms with van der Waals surface area (Å²) >= 11 is 1.87. The standard InChI is InChI=1S/C18H21NOS.ClH/c1-19(2)11-6-12-20-13-14-7-5-9-16-15-8-3-4-10-17(15)21-18(14)16;/h3-5,7-10H,6,11-13H2,1-2H3;1H. The lowest BCUT2D eigenvalue weighted by Crippen LogP contribution is -2.14. The van der Waals surface area contributed by atoms with Crippen molar-refractivity contribution in [3.05, 3.63) is 48.0 Å². The minimum Gasteiger partial charge on any atom is -0.377 e. The van der Waals surface area contributed by atoms with Gasteiger partial charge in [-0.3, -0.25) is 0 Å². The van der Waals surface area contributed by atoms with Crippen molar-refractivity contribution in [3.8, 4) is 0 Å². The van der Waals surface area contributed by atoms with Gasteiger partial charge in [0.15, 0.2) is 0 Å². The van der Waals surface area contributed by atoms with E-state index in [0.717, 1.165) is 19.6 Å². The number of fused-ring (bicyclic) bond motifs is 3. The maximum absolute atomic E-state index is 5.85. The van der Waals surface area contributed by atoms with Crippen molar-refractivity contribution >= 4 is 43.9 Å². The molecule has 4 heteroatoms. The Hall–Kier alpha value is -1.13. The van der Waals surface area contributed by atoms with Crippen LogP contribution in [-0.2, 0) is 11.3 Å². The third kappa shape index (κ3) is 3.79. The van der Waals surface area contributed by atoms with Gasteiger partial charge in [0.2, 0.25) is 0 Å². The number of thiophene rings is 1. The maximum atomic E-state index is 5.85. The van der Waals surface area contributed by atoms with Crippen LogP contribution in [0.2, 0.25) is 0 Å². The molecule has 1 aromatic heterocycles. The van der Waals surface area contributed by atoms with Gasteiger partial charge in [-0.15, -0.1) is 23.7 Å². The molecule has 0 radical (unpaired) electrons. The molecule has 0 aliphatic rings. The van der Waals surface area contributed by atoms with E-state index in [0.29, 0.717) is 6.61 Å². The highest BCUT2D eigenvalue weighted by molar-refractivity contribution is 7.26. The van der Waals surface area contributed by atoms with Crippen LogP contribution < -0.4 is 0 Å². The molecule has 0 unspecified atom stereocenters. The highest BCUT2D eigenvalue weighted by Gasteiger charge is 2.08. The Bertz CT molecular complexity index is 738.